The van der Waals surface area contributed by atoms with Gasteiger partial charge in [0.1, 0.15) is 0 Å². The van der Waals surface area contributed by atoms with Gasteiger partial charge in [-0.25, -0.2) is 0 Å². The van der Waals surface area contributed by atoms with Gasteiger partial charge in [0, 0.05) is 23.0 Å². The Morgan fingerprint density at radius 3 is 2.31 bits per heavy atom. The molecule has 2 aliphatic carbocycles. The van der Waals surface area contributed by atoms with Crippen LogP contribution in [0.1, 0.15) is 55.5 Å². The van der Waals surface area contributed by atoms with E-state index in [1.54, 1.807) is 14.2 Å². The highest BCUT2D eigenvalue weighted by Crippen LogP contribution is 2.55. The van der Waals surface area contributed by atoms with Crippen molar-refractivity contribution in [1.82, 2.24) is 0 Å². The standard InChI is InChI=1S/C26H30O6/c1-25(2,26(24(28)29)13-6-14-26)15-32-22-19(10-12-21(30-3)23(22)31-4)16-7-5-8-18-17(16)9-11-20(18)27/h5,7-8,10,12H,6,9,11,13-15H2,1-4H3,(H,28,29). The number of hydrogen-bond acceptors (Lipinski definition) is 5. The number of carboxylic acids is 1. The fraction of sp³-hybridized carbons (Fsp3) is 0.462. The average molecular weight is 439 g/mol. The van der Waals surface area contributed by atoms with E-state index >= 15 is 0 Å². The summed E-state index contributed by atoms with van der Waals surface area (Å²) in [6.45, 7) is 4.11. The Labute approximate surface area is 188 Å². The van der Waals surface area contributed by atoms with Crippen LogP contribution in [0.15, 0.2) is 30.3 Å². The number of benzene rings is 2. The Hall–Kier alpha value is -3.02. The van der Waals surface area contributed by atoms with Gasteiger partial charge in [-0.2, -0.15) is 0 Å². The van der Waals surface area contributed by atoms with Gasteiger partial charge in [-0.1, -0.05) is 38.5 Å². The molecular weight excluding hydrogens is 408 g/mol. The first-order valence-corrected chi connectivity index (χ1v) is 11.0. The molecule has 0 spiro atoms. The SMILES string of the molecule is COc1ccc(-c2cccc3c2CCC3=O)c(OCC(C)(C)C2(C(=O)O)CCC2)c1OC. The summed E-state index contributed by atoms with van der Waals surface area (Å²) >= 11 is 0. The van der Waals surface area contributed by atoms with Crippen LogP contribution in [0.2, 0.25) is 0 Å². The van der Waals surface area contributed by atoms with Gasteiger partial charge in [-0.3, -0.25) is 9.59 Å². The molecule has 2 aliphatic rings. The summed E-state index contributed by atoms with van der Waals surface area (Å²) in [5, 5.41) is 9.93. The van der Waals surface area contributed by atoms with E-state index in [2.05, 4.69) is 0 Å². The highest BCUT2D eigenvalue weighted by atomic mass is 16.5. The Bertz CT molecular complexity index is 1060. The first-order valence-electron chi connectivity index (χ1n) is 11.0. The topological polar surface area (TPSA) is 82.1 Å². The third-order valence-corrected chi connectivity index (χ3v) is 7.36. The molecule has 32 heavy (non-hydrogen) atoms. The number of rotatable bonds is 8. The van der Waals surface area contributed by atoms with Crippen LogP contribution in [0.25, 0.3) is 11.1 Å². The summed E-state index contributed by atoms with van der Waals surface area (Å²) in [4.78, 5) is 24.4. The number of fused-ring (bicyclic) bond motifs is 1. The zero-order chi connectivity index (χ0) is 23.1. The summed E-state index contributed by atoms with van der Waals surface area (Å²) in [6, 6.07) is 9.48. The number of Topliss-reactive ketones (excluding diaryl/α,β-unsaturated/α-hetero) is 1. The van der Waals surface area contributed by atoms with E-state index in [9.17, 15) is 14.7 Å². The van der Waals surface area contributed by atoms with E-state index in [0.717, 1.165) is 28.7 Å². The first-order chi connectivity index (χ1) is 15.3. The number of ether oxygens (including phenoxy) is 3. The third-order valence-electron chi connectivity index (χ3n) is 7.36. The molecule has 0 aliphatic heterocycles. The quantitative estimate of drug-likeness (QED) is 0.613. The molecule has 1 fully saturated rings. The zero-order valence-electron chi connectivity index (χ0n) is 19.1. The lowest BCUT2D eigenvalue weighted by Crippen LogP contribution is -2.52. The summed E-state index contributed by atoms with van der Waals surface area (Å²) in [6.07, 6.45) is 3.40. The van der Waals surface area contributed by atoms with Gasteiger partial charge in [0.25, 0.3) is 0 Å². The maximum atomic E-state index is 12.3. The predicted molar refractivity (Wildman–Crippen MR) is 121 cm³/mol. The molecule has 6 heteroatoms. The Morgan fingerprint density at radius 2 is 1.72 bits per heavy atom. The van der Waals surface area contributed by atoms with Crippen LogP contribution < -0.4 is 14.2 Å². The zero-order valence-corrected chi connectivity index (χ0v) is 19.1. The van der Waals surface area contributed by atoms with Gasteiger partial charge in [-0.05, 0) is 42.5 Å². The summed E-state index contributed by atoms with van der Waals surface area (Å²) < 4.78 is 17.6. The molecule has 2 aromatic carbocycles. The maximum absolute atomic E-state index is 12.3. The molecule has 170 valence electrons. The van der Waals surface area contributed by atoms with Gasteiger partial charge < -0.3 is 19.3 Å². The minimum Gasteiger partial charge on any atom is -0.493 e. The van der Waals surface area contributed by atoms with Crippen molar-refractivity contribution < 1.29 is 28.9 Å². The van der Waals surface area contributed by atoms with Crippen molar-refractivity contribution in [2.24, 2.45) is 10.8 Å². The van der Waals surface area contributed by atoms with Crippen LogP contribution in [0.3, 0.4) is 0 Å². The molecule has 2 aromatic rings. The van der Waals surface area contributed by atoms with E-state index in [-0.39, 0.29) is 12.4 Å². The van der Waals surface area contributed by atoms with Crippen LogP contribution in [-0.4, -0.2) is 37.7 Å². The Kier molecular flexibility index (Phi) is 5.65. The number of carbonyl (C=O) groups is 2. The lowest BCUT2D eigenvalue weighted by molar-refractivity contribution is -0.168. The molecule has 0 radical (unpaired) electrons. The molecule has 4 rings (SSSR count). The lowest BCUT2D eigenvalue weighted by Gasteiger charge is -2.49. The number of carboxylic acid groups (broad SMARTS) is 1. The van der Waals surface area contributed by atoms with Gasteiger partial charge in [0.2, 0.25) is 5.75 Å². The van der Waals surface area contributed by atoms with Crippen LogP contribution in [0.5, 0.6) is 17.2 Å². The van der Waals surface area contributed by atoms with Crippen LogP contribution in [0.4, 0.5) is 0 Å². The van der Waals surface area contributed by atoms with Crippen molar-refractivity contribution in [3.05, 3.63) is 41.5 Å². The van der Waals surface area contributed by atoms with Crippen LogP contribution in [-0.2, 0) is 11.2 Å². The second-order valence-corrected chi connectivity index (χ2v) is 9.35. The highest BCUT2D eigenvalue weighted by molar-refractivity contribution is 6.02. The van der Waals surface area contributed by atoms with Gasteiger partial charge >= 0.3 is 5.97 Å². The normalized spacial score (nSPS) is 16.8. The maximum Gasteiger partial charge on any atom is 0.310 e. The molecule has 0 atom stereocenters. The van der Waals surface area contributed by atoms with Gasteiger partial charge in [0.05, 0.1) is 26.2 Å². The molecule has 6 nitrogen and oxygen atoms in total. The number of carbonyl (C=O) groups excluding carboxylic acids is 1. The largest absolute Gasteiger partial charge is 0.493 e. The minimum atomic E-state index is -0.792. The summed E-state index contributed by atoms with van der Waals surface area (Å²) in [5.41, 5.74) is 2.12. The Morgan fingerprint density at radius 1 is 1.00 bits per heavy atom. The smallest absolute Gasteiger partial charge is 0.310 e. The van der Waals surface area contributed by atoms with E-state index in [1.807, 2.05) is 44.2 Å². The molecule has 1 N–H and O–H groups in total. The third kappa shape index (κ3) is 3.33. The Balaban J connectivity index is 1.78. The van der Waals surface area contributed by atoms with Crippen molar-refractivity contribution in [3.8, 4) is 28.4 Å². The molecule has 1 saturated carbocycles. The minimum absolute atomic E-state index is 0.152. The number of hydrogen-bond donors (Lipinski definition) is 1. The van der Waals surface area contributed by atoms with E-state index < -0.39 is 16.8 Å². The molecule has 0 amide bonds. The van der Waals surface area contributed by atoms with E-state index in [4.69, 9.17) is 14.2 Å². The summed E-state index contributed by atoms with van der Waals surface area (Å²) in [5.74, 6) is 0.881. The molecule has 0 saturated heterocycles. The van der Waals surface area contributed by atoms with Crippen molar-refractivity contribution in [1.29, 1.82) is 0 Å². The van der Waals surface area contributed by atoms with Crippen molar-refractivity contribution in [2.45, 2.75) is 46.0 Å². The molecular formula is C26H30O6. The van der Waals surface area contributed by atoms with E-state index in [1.165, 1.54) is 0 Å². The molecule has 0 aromatic heterocycles. The second-order valence-electron chi connectivity index (χ2n) is 9.35. The lowest BCUT2D eigenvalue weighted by atomic mass is 9.54. The van der Waals surface area contributed by atoms with Crippen LogP contribution in [0, 0.1) is 10.8 Å². The van der Waals surface area contributed by atoms with E-state index in [0.29, 0.717) is 42.9 Å². The fourth-order valence-corrected chi connectivity index (χ4v) is 5.10. The van der Waals surface area contributed by atoms with Crippen molar-refractivity contribution in [3.63, 3.8) is 0 Å². The van der Waals surface area contributed by atoms with Gasteiger partial charge in [0.15, 0.2) is 17.3 Å². The van der Waals surface area contributed by atoms with Crippen LogP contribution >= 0.6 is 0 Å². The molecule has 0 unspecified atom stereocenters. The van der Waals surface area contributed by atoms with Crippen molar-refractivity contribution >= 4 is 11.8 Å². The van der Waals surface area contributed by atoms with Gasteiger partial charge in [-0.15, -0.1) is 0 Å². The second kappa shape index (κ2) is 8.15. The summed E-state index contributed by atoms with van der Waals surface area (Å²) in [7, 11) is 3.13. The monoisotopic (exact) mass is 438 g/mol. The fourth-order valence-electron chi connectivity index (χ4n) is 5.10. The number of ketones is 1. The molecule has 0 bridgehead atoms. The number of methoxy groups -OCH3 is 2. The predicted octanol–water partition coefficient (Wildman–Crippen LogP) is 5.16. The number of aliphatic carboxylic acids is 1. The molecule has 0 heterocycles. The highest BCUT2D eigenvalue weighted by Gasteiger charge is 2.55. The van der Waals surface area contributed by atoms with Crippen molar-refractivity contribution in [2.75, 3.05) is 20.8 Å². The average Bonchev–Trinajstić information content (AvgIpc) is 3.11. The first kappa shape index (κ1) is 22.2.